The molecule has 0 aromatic carbocycles. The third-order valence-corrected chi connectivity index (χ3v) is 3.65. The predicted octanol–water partition coefficient (Wildman–Crippen LogP) is 2.66. The van der Waals surface area contributed by atoms with Crippen molar-refractivity contribution in [3.63, 3.8) is 0 Å². The van der Waals surface area contributed by atoms with Crippen molar-refractivity contribution < 1.29 is 0 Å². The molecule has 1 fully saturated rings. The summed E-state index contributed by atoms with van der Waals surface area (Å²) in [5.74, 6) is 0.560. The number of rotatable bonds is 3. The molecule has 16 heavy (non-hydrogen) atoms. The van der Waals surface area contributed by atoms with Gasteiger partial charge in [-0.1, -0.05) is 24.4 Å². The Kier molecular flexibility index (Phi) is 4.02. The molecule has 2 rings (SSSR count). The van der Waals surface area contributed by atoms with E-state index in [1.165, 1.54) is 25.7 Å². The molecule has 88 valence electrons. The first-order valence-corrected chi connectivity index (χ1v) is 6.25. The molecule has 1 saturated carbocycles. The third-order valence-electron chi connectivity index (χ3n) is 3.32. The maximum atomic E-state index is 6.10. The highest BCUT2D eigenvalue weighted by atomic mass is 35.5. The molecule has 2 unspecified atom stereocenters. The summed E-state index contributed by atoms with van der Waals surface area (Å²) in [6, 6.07) is 2.25. The van der Waals surface area contributed by atoms with E-state index in [2.05, 4.69) is 10.3 Å². The van der Waals surface area contributed by atoms with Crippen LogP contribution in [0.4, 0.5) is 5.69 Å². The molecule has 0 amide bonds. The van der Waals surface area contributed by atoms with Crippen LogP contribution in [0.3, 0.4) is 0 Å². The number of aromatic nitrogens is 1. The fourth-order valence-corrected chi connectivity index (χ4v) is 2.52. The van der Waals surface area contributed by atoms with Gasteiger partial charge in [-0.05, 0) is 31.4 Å². The highest BCUT2D eigenvalue weighted by Crippen LogP contribution is 2.28. The van der Waals surface area contributed by atoms with Gasteiger partial charge in [0.2, 0.25) is 0 Å². The van der Waals surface area contributed by atoms with E-state index in [0.29, 0.717) is 12.0 Å². The van der Waals surface area contributed by atoms with Gasteiger partial charge in [0.1, 0.15) is 0 Å². The van der Waals surface area contributed by atoms with E-state index in [9.17, 15) is 0 Å². The summed E-state index contributed by atoms with van der Waals surface area (Å²) in [4.78, 5) is 4.08. The first-order chi connectivity index (χ1) is 7.81. The van der Waals surface area contributed by atoms with Crippen molar-refractivity contribution in [3.05, 3.63) is 23.5 Å². The second kappa shape index (κ2) is 5.51. The van der Waals surface area contributed by atoms with Gasteiger partial charge in [0.05, 0.1) is 16.9 Å². The van der Waals surface area contributed by atoms with Crippen LogP contribution in [0, 0.1) is 5.92 Å². The topological polar surface area (TPSA) is 50.9 Å². The van der Waals surface area contributed by atoms with E-state index in [4.69, 9.17) is 17.3 Å². The van der Waals surface area contributed by atoms with Crippen LogP contribution in [0.2, 0.25) is 5.02 Å². The van der Waals surface area contributed by atoms with Crippen LogP contribution in [0.15, 0.2) is 18.5 Å². The number of nitrogens with one attached hydrogen (secondary N) is 1. The van der Waals surface area contributed by atoms with Crippen molar-refractivity contribution in [2.75, 3.05) is 11.9 Å². The van der Waals surface area contributed by atoms with Crippen molar-refractivity contribution >= 4 is 17.3 Å². The van der Waals surface area contributed by atoms with Crippen LogP contribution in [0.5, 0.6) is 0 Å². The molecule has 1 heterocycles. The molecular weight excluding hydrogens is 222 g/mol. The molecule has 1 aliphatic carbocycles. The number of anilines is 1. The zero-order valence-electron chi connectivity index (χ0n) is 9.32. The Morgan fingerprint density at radius 2 is 2.25 bits per heavy atom. The fraction of sp³-hybridized carbons (Fsp3) is 0.583. The lowest BCUT2D eigenvalue weighted by atomic mass is 9.84. The SMILES string of the molecule is NCC1CCCCC1Nc1cnccc1Cl. The summed E-state index contributed by atoms with van der Waals surface area (Å²) < 4.78 is 0. The van der Waals surface area contributed by atoms with Gasteiger partial charge in [-0.2, -0.15) is 0 Å². The molecule has 1 aromatic heterocycles. The van der Waals surface area contributed by atoms with Gasteiger partial charge in [-0.25, -0.2) is 0 Å². The second-order valence-corrected chi connectivity index (χ2v) is 4.79. The lowest BCUT2D eigenvalue weighted by molar-refractivity contribution is 0.332. The van der Waals surface area contributed by atoms with Crippen molar-refractivity contribution in [2.24, 2.45) is 11.7 Å². The van der Waals surface area contributed by atoms with Crippen molar-refractivity contribution in [1.82, 2.24) is 4.98 Å². The lowest BCUT2D eigenvalue weighted by Gasteiger charge is -2.32. The minimum atomic E-state index is 0.445. The maximum Gasteiger partial charge on any atom is 0.0718 e. The van der Waals surface area contributed by atoms with Crippen molar-refractivity contribution in [2.45, 2.75) is 31.7 Å². The Bertz CT molecular complexity index is 343. The van der Waals surface area contributed by atoms with E-state index in [1.54, 1.807) is 12.4 Å². The molecule has 0 radical (unpaired) electrons. The average Bonchev–Trinajstić information content (AvgIpc) is 2.33. The monoisotopic (exact) mass is 239 g/mol. The van der Waals surface area contributed by atoms with Crippen LogP contribution in [-0.4, -0.2) is 17.6 Å². The quantitative estimate of drug-likeness (QED) is 0.853. The van der Waals surface area contributed by atoms with E-state index in [0.717, 1.165) is 17.3 Å². The molecule has 4 heteroatoms. The van der Waals surface area contributed by atoms with E-state index < -0.39 is 0 Å². The molecular formula is C12H18ClN3. The Balaban J connectivity index is 2.05. The number of hydrogen-bond acceptors (Lipinski definition) is 3. The first kappa shape index (κ1) is 11.7. The minimum absolute atomic E-state index is 0.445. The molecule has 0 saturated heterocycles. The molecule has 2 atom stereocenters. The predicted molar refractivity (Wildman–Crippen MR) is 67.7 cm³/mol. The van der Waals surface area contributed by atoms with Gasteiger partial charge >= 0.3 is 0 Å². The number of hydrogen-bond donors (Lipinski definition) is 2. The first-order valence-electron chi connectivity index (χ1n) is 5.87. The van der Waals surface area contributed by atoms with Gasteiger partial charge in [0.15, 0.2) is 0 Å². The Labute approximate surface area is 101 Å². The molecule has 1 aromatic rings. The maximum absolute atomic E-state index is 6.10. The Morgan fingerprint density at radius 1 is 1.44 bits per heavy atom. The smallest absolute Gasteiger partial charge is 0.0718 e. The highest BCUT2D eigenvalue weighted by molar-refractivity contribution is 6.33. The van der Waals surface area contributed by atoms with Crippen LogP contribution < -0.4 is 11.1 Å². The van der Waals surface area contributed by atoms with E-state index in [-0.39, 0.29) is 0 Å². The zero-order chi connectivity index (χ0) is 11.4. The Morgan fingerprint density at radius 3 is 3.00 bits per heavy atom. The van der Waals surface area contributed by atoms with Crippen LogP contribution in [0.1, 0.15) is 25.7 Å². The summed E-state index contributed by atoms with van der Waals surface area (Å²) >= 11 is 6.10. The number of nitrogens with zero attached hydrogens (tertiary/aromatic N) is 1. The van der Waals surface area contributed by atoms with E-state index >= 15 is 0 Å². The van der Waals surface area contributed by atoms with Gasteiger partial charge in [-0.3, -0.25) is 4.98 Å². The standard InChI is InChI=1S/C12H18ClN3/c13-10-5-6-15-8-12(10)16-11-4-2-1-3-9(11)7-14/h5-6,8-9,11,16H,1-4,7,14H2. The number of nitrogens with two attached hydrogens (primary N) is 1. The third kappa shape index (κ3) is 2.66. The summed E-state index contributed by atoms with van der Waals surface area (Å²) in [7, 11) is 0. The second-order valence-electron chi connectivity index (χ2n) is 4.39. The largest absolute Gasteiger partial charge is 0.380 e. The number of pyridine rings is 1. The molecule has 0 bridgehead atoms. The van der Waals surface area contributed by atoms with Gasteiger partial charge in [0.25, 0.3) is 0 Å². The minimum Gasteiger partial charge on any atom is -0.380 e. The summed E-state index contributed by atoms with van der Waals surface area (Å²) in [6.45, 7) is 0.746. The highest BCUT2D eigenvalue weighted by Gasteiger charge is 2.24. The average molecular weight is 240 g/mol. The normalized spacial score (nSPS) is 25.4. The zero-order valence-corrected chi connectivity index (χ0v) is 10.1. The lowest BCUT2D eigenvalue weighted by Crippen LogP contribution is -2.36. The fourth-order valence-electron chi connectivity index (χ4n) is 2.36. The molecule has 3 nitrogen and oxygen atoms in total. The van der Waals surface area contributed by atoms with Crippen LogP contribution >= 0.6 is 11.6 Å². The molecule has 0 spiro atoms. The van der Waals surface area contributed by atoms with Gasteiger partial charge in [-0.15, -0.1) is 0 Å². The summed E-state index contributed by atoms with van der Waals surface area (Å²) in [5, 5.41) is 4.21. The van der Waals surface area contributed by atoms with Gasteiger partial charge < -0.3 is 11.1 Å². The molecule has 1 aliphatic rings. The van der Waals surface area contributed by atoms with Crippen molar-refractivity contribution in [1.29, 1.82) is 0 Å². The number of halogens is 1. The summed E-state index contributed by atoms with van der Waals surface area (Å²) in [5.41, 5.74) is 6.72. The molecule has 3 N–H and O–H groups in total. The van der Waals surface area contributed by atoms with E-state index in [1.807, 2.05) is 6.07 Å². The molecule has 0 aliphatic heterocycles. The van der Waals surface area contributed by atoms with Gasteiger partial charge in [0, 0.05) is 12.2 Å². The van der Waals surface area contributed by atoms with Crippen molar-refractivity contribution in [3.8, 4) is 0 Å². The van der Waals surface area contributed by atoms with Crippen LogP contribution in [0.25, 0.3) is 0 Å². The Hall–Kier alpha value is -0.800. The summed E-state index contributed by atoms with van der Waals surface area (Å²) in [6.07, 6.45) is 8.44. The van der Waals surface area contributed by atoms with Crippen LogP contribution in [-0.2, 0) is 0 Å².